The summed E-state index contributed by atoms with van der Waals surface area (Å²) < 4.78 is 4.85. The minimum absolute atomic E-state index is 0.966. The van der Waals surface area contributed by atoms with E-state index in [2.05, 4.69) is 52.0 Å². The lowest BCUT2D eigenvalue weighted by Crippen LogP contribution is -2.16. The van der Waals surface area contributed by atoms with Crippen molar-refractivity contribution >= 4 is 45.7 Å². The number of fused-ring (bicyclic) bond motifs is 1. The van der Waals surface area contributed by atoms with Crippen LogP contribution in [-0.4, -0.2) is 32.4 Å². The number of nitrogens with zero attached hydrogens (tertiary/aromatic N) is 2. The summed E-state index contributed by atoms with van der Waals surface area (Å²) in [6, 6.07) is 0. The van der Waals surface area contributed by atoms with Gasteiger partial charge in [0.25, 0.3) is 0 Å². The van der Waals surface area contributed by atoms with Gasteiger partial charge >= 0.3 is 0 Å². The largest absolute Gasteiger partial charge is 0.247 e. The van der Waals surface area contributed by atoms with E-state index in [4.69, 9.17) is 0 Å². The topological polar surface area (TPSA) is 6.48 Å². The average molecular weight is 364 g/mol. The monoisotopic (exact) mass is 364 g/mol. The van der Waals surface area contributed by atoms with Crippen molar-refractivity contribution < 1.29 is 0 Å². The zero-order valence-electron chi connectivity index (χ0n) is 5.63. The maximum absolute atomic E-state index is 2.44. The Hall–Kier alpha value is 1.38. The molecule has 0 saturated carbocycles. The van der Waals surface area contributed by atoms with E-state index in [-0.39, 0.29) is 0 Å². The second-order valence-corrected chi connectivity index (χ2v) is 5.90. The molecule has 0 aromatic carbocycles. The van der Waals surface area contributed by atoms with Gasteiger partial charge in [-0.15, -0.1) is 0 Å². The third kappa shape index (κ3) is 1.44. The number of hydrogen-bond acceptors (Lipinski definition) is 2. The van der Waals surface area contributed by atoms with Crippen LogP contribution < -0.4 is 0 Å². The minimum atomic E-state index is 0.966. The van der Waals surface area contributed by atoms with Gasteiger partial charge in [-0.3, -0.25) is 0 Å². The highest BCUT2D eigenvalue weighted by Gasteiger charge is 2.38. The van der Waals surface area contributed by atoms with Crippen LogP contribution in [0, 0.1) is 11.8 Å². The van der Waals surface area contributed by atoms with E-state index < -0.39 is 0 Å². The van der Waals surface area contributed by atoms with Crippen LogP contribution in [0.3, 0.4) is 0 Å². The van der Waals surface area contributed by atoms with Crippen molar-refractivity contribution in [3.63, 3.8) is 0 Å². The molecule has 2 nitrogen and oxygen atoms in total. The molecule has 2 aliphatic heterocycles. The highest BCUT2D eigenvalue weighted by atomic mass is 127. The smallest absolute Gasteiger partial charge is 0.0201 e. The molecule has 0 unspecified atom stereocenters. The first kappa shape index (κ1) is 8.00. The van der Waals surface area contributed by atoms with Crippen molar-refractivity contribution in [3.05, 3.63) is 0 Å². The van der Waals surface area contributed by atoms with Crippen LogP contribution in [0.15, 0.2) is 0 Å². The predicted molar refractivity (Wildman–Crippen MR) is 58.2 cm³/mol. The zero-order chi connectivity index (χ0) is 7.14. The number of rotatable bonds is 0. The van der Waals surface area contributed by atoms with E-state index >= 15 is 0 Å². The third-order valence-corrected chi connectivity index (χ3v) is 3.97. The van der Waals surface area contributed by atoms with Gasteiger partial charge in [0.2, 0.25) is 0 Å². The van der Waals surface area contributed by atoms with Crippen LogP contribution in [0.5, 0.6) is 0 Å². The molecule has 0 N–H and O–H groups in total. The molecule has 10 heavy (non-hydrogen) atoms. The summed E-state index contributed by atoms with van der Waals surface area (Å²) in [6.07, 6.45) is 0. The molecule has 0 spiro atoms. The normalized spacial score (nSPS) is 42.6. The molecule has 58 valence electrons. The fourth-order valence-electron chi connectivity index (χ4n) is 1.88. The van der Waals surface area contributed by atoms with E-state index in [0.29, 0.717) is 0 Å². The van der Waals surface area contributed by atoms with Crippen molar-refractivity contribution in [2.45, 2.75) is 0 Å². The van der Waals surface area contributed by atoms with Crippen molar-refractivity contribution in [1.29, 1.82) is 0 Å². The van der Waals surface area contributed by atoms with Gasteiger partial charge in [0.1, 0.15) is 0 Å². The summed E-state index contributed by atoms with van der Waals surface area (Å²) in [4.78, 5) is 0. The first-order chi connectivity index (χ1) is 4.75. The van der Waals surface area contributed by atoms with Gasteiger partial charge in [-0.2, -0.15) is 0 Å². The lowest BCUT2D eigenvalue weighted by atomic mass is 10.0. The van der Waals surface area contributed by atoms with Crippen LogP contribution in [-0.2, 0) is 0 Å². The quantitative estimate of drug-likeness (QED) is 0.476. The summed E-state index contributed by atoms with van der Waals surface area (Å²) in [5.41, 5.74) is 0. The van der Waals surface area contributed by atoms with Gasteiger partial charge in [-0.1, -0.05) is 0 Å². The summed E-state index contributed by atoms with van der Waals surface area (Å²) in [5.74, 6) is 1.93. The lowest BCUT2D eigenvalue weighted by Gasteiger charge is -2.09. The molecule has 0 bridgehead atoms. The van der Waals surface area contributed by atoms with Gasteiger partial charge in [-0.05, 0) is 11.8 Å². The van der Waals surface area contributed by atoms with Gasteiger partial charge in [-0.25, -0.2) is 6.23 Å². The summed E-state index contributed by atoms with van der Waals surface area (Å²) in [6.45, 7) is 5.24. The average Bonchev–Trinajstić information content (AvgIpc) is 2.21. The Kier molecular flexibility index (Phi) is 2.42. The van der Waals surface area contributed by atoms with Crippen molar-refractivity contribution in [1.82, 2.24) is 6.23 Å². The fraction of sp³-hybridized carbons (Fsp3) is 1.00. The Labute approximate surface area is 89.3 Å². The van der Waals surface area contributed by atoms with E-state index in [1.54, 1.807) is 0 Å². The molecule has 2 heterocycles. The minimum Gasteiger partial charge on any atom is -0.247 e. The summed E-state index contributed by atoms with van der Waals surface area (Å²) in [5, 5.41) is 0. The van der Waals surface area contributed by atoms with Crippen LogP contribution in [0.1, 0.15) is 0 Å². The molecule has 2 aliphatic rings. The van der Waals surface area contributed by atoms with Gasteiger partial charge in [0, 0.05) is 71.9 Å². The van der Waals surface area contributed by atoms with Crippen LogP contribution in [0.25, 0.3) is 0 Å². The molecule has 0 radical (unpaired) electrons. The van der Waals surface area contributed by atoms with Crippen molar-refractivity contribution in [3.8, 4) is 0 Å². The summed E-state index contributed by atoms with van der Waals surface area (Å²) >= 11 is 4.88. The van der Waals surface area contributed by atoms with Crippen molar-refractivity contribution in [2.75, 3.05) is 26.2 Å². The van der Waals surface area contributed by atoms with Crippen LogP contribution in [0.2, 0.25) is 0 Å². The second kappa shape index (κ2) is 3.02. The molecule has 0 atom stereocenters. The second-order valence-electron chi connectivity index (χ2n) is 3.18. The van der Waals surface area contributed by atoms with Crippen LogP contribution in [0.4, 0.5) is 0 Å². The van der Waals surface area contributed by atoms with Gasteiger partial charge < -0.3 is 0 Å². The number of hydrogen-bond donors (Lipinski definition) is 0. The third-order valence-electron chi connectivity index (χ3n) is 2.40. The molecular weight excluding hydrogens is 354 g/mol. The highest BCUT2D eigenvalue weighted by Crippen LogP contribution is 2.33. The maximum Gasteiger partial charge on any atom is 0.0201 e. The maximum atomic E-state index is 2.44. The standard InChI is InChI=1S/C6H10I2N2/c7-9-1-5-2-10(8)4-6(5)3-9/h5-6H,1-4H2/t5-,6+. The molecule has 0 aliphatic carbocycles. The molecule has 4 heteroatoms. The molecule has 0 aromatic heterocycles. The van der Waals surface area contributed by atoms with Crippen LogP contribution >= 0.6 is 45.7 Å². The van der Waals surface area contributed by atoms with Gasteiger partial charge in [0.15, 0.2) is 0 Å². The van der Waals surface area contributed by atoms with E-state index in [1.807, 2.05) is 0 Å². The summed E-state index contributed by atoms with van der Waals surface area (Å²) in [7, 11) is 0. The predicted octanol–water partition coefficient (Wildman–Crippen LogP) is 1.55. The van der Waals surface area contributed by atoms with Gasteiger partial charge in [0.05, 0.1) is 0 Å². The molecule has 2 rings (SSSR count). The molecule has 2 saturated heterocycles. The van der Waals surface area contributed by atoms with E-state index in [1.165, 1.54) is 26.2 Å². The Morgan fingerprint density at radius 2 is 1.10 bits per heavy atom. The molecule has 2 fully saturated rings. The Balaban J connectivity index is 2.00. The first-order valence-electron chi connectivity index (χ1n) is 3.57. The fourth-order valence-corrected chi connectivity index (χ4v) is 3.90. The first-order valence-corrected chi connectivity index (χ1v) is 5.50. The lowest BCUT2D eigenvalue weighted by molar-refractivity contribution is 0.497. The molecule has 0 aromatic rings. The van der Waals surface area contributed by atoms with Crippen molar-refractivity contribution in [2.24, 2.45) is 11.8 Å². The molecular formula is C6H10I2N2. The SMILES string of the molecule is IN1C[C@H]2CN(I)C[C@H]2C1. The Morgan fingerprint density at radius 3 is 1.40 bits per heavy atom. The zero-order valence-corrected chi connectivity index (χ0v) is 9.95. The Bertz CT molecular complexity index is 114. The molecule has 0 amide bonds. The van der Waals surface area contributed by atoms with E-state index in [9.17, 15) is 0 Å². The number of halogens is 2. The van der Waals surface area contributed by atoms with E-state index in [0.717, 1.165) is 11.8 Å². The highest BCUT2D eigenvalue weighted by molar-refractivity contribution is 14.1. The Morgan fingerprint density at radius 1 is 0.800 bits per heavy atom.